The summed E-state index contributed by atoms with van der Waals surface area (Å²) in [5.74, 6) is 1.10. The zero-order chi connectivity index (χ0) is 8.23. The van der Waals surface area contributed by atoms with E-state index in [1.54, 1.807) is 0 Å². The van der Waals surface area contributed by atoms with Crippen molar-refractivity contribution in [2.24, 2.45) is 5.92 Å². The molecule has 2 fully saturated rings. The van der Waals surface area contributed by atoms with E-state index in [4.69, 9.17) is 5.32 Å². The fourth-order valence-electron chi connectivity index (χ4n) is 2.15. The Bertz CT molecular complexity index is 123. The van der Waals surface area contributed by atoms with Gasteiger partial charge in [-0.1, -0.05) is 25.7 Å². The Labute approximate surface area is 75.9 Å². The minimum Gasteiger partial charge on any atom is -0.238 e. The van der Waals surface area contributed by atoms with E-state index in [0.29, 0.717) is 0 Å². The second kappa shape index (κ2) is 4.27. The van der Waals surface area contributed by atoms with Gasteiger partial charge in [0, 0.05) is 12.6 Å². The largest absolute Gasteiger partial charge is 0.238 e. The highest BCUT2D eigenvalue weighted by atomic mass is 14.9. The summed E-state index contributed by atoms with van der Waals surface area (Å²) in [5, 5.41) is 4.72. The first-order chi connectivity index (χ1) is 5.95. The van der Waals surface area contributed by atoms with Crippen LogP contribution in [0.1, 0.15) is 51.4 Å². The molecular weight excluding hydrogens is 146 g/mol. The van der Waals surface area contributed by atoms with Crippen LogP contribution < -0.4 is 5.32 Å². The second-order valence-electron chi connectivity index (χ2n) is 4.43. The lowest BCUT2D eigenvalue weighted by Crippen LogP contribution is -2.19. The van der Waals surface area contributed by atoms with Crippen LogP contribution in [-0.4, -0.2) is 12.6 Å². The van der Waals surface area contributed by atoms with Crippen molar-refractivity contribution < 1.29 is 0 Å². The first-order valence-corrected chi connectivity index (χ1v) is 5.62. The van der Waals surface area contributed by atoms with Crippen molar-refractivity contribution >= 4 is 0 Å². The number of nitrogens with zero attached hydrogens (tertiary/aromatic N) is 1. The summed E-state index contributed by atoms with van der Waals surface area (Å²) in [4.78, 5) is 0. The number of rotatable bonds is 5. The maximum absolute atomic E-state index is 4.72. The van der Waals surface area contributed by atoms with Gasteiger partial charge in [0.1, 0.15) is 0 Å². The zero-order valence-corrected chi connectivity index (χ0v) is 7.97. The molecule has 0 bridgehead atoms. The third-order valence-corrected chi connectivity index (χ3v) is 3.18. The molecule has 2 aliphatic rings. The van der Waals surface area contributed by atoms with Crippen LogP contribution in [-0.2, 0) is 0 Å². The van der Waals surface area contributed by atoms with Gasteiger partial charge in [-0.25, -0.2) is 5.32 Å². The lowest BCUT2D eigenvalue weighted by atomic mass is 10.2. The Balaban J connectivity index is 1.44. The fraction of sp³-hybridized carbons (Fsp3) is 1.00. The number of hydrogen-bond donors (Lipinski definition) is 0. The van der Waals surface area contributed by atoms with Gasteiger partial charge in [0.05, 0.1) is 0 Å². The first kappa shape index (κ1) is 8.55. The summed E-state index contributed by atoms with van der Waals surface area (Å²) in [7, 11) is 0. The van der Waals surface area contributed by atoms with Crippen LogP contribution in [0.3, 0.4) is 0 Å². The molecule has 2 saturated carbocycles. The monoisotopic (exact) mass is 166 g/mol. The lowest BCUT2D eigenvalue weighted by Gasteiger charge is -2.08. The standard InChI is InChI=1S/C11H20N/c1-2-6-11(5-1)12-9-3-4-10-7-8-10/h10-11H,1-9H2. The molecular formula is C11H20N. The van der Waals surface area contributed by atoms with E-state index < -0.39 is 0 Å². The molecule has 0 atom stereocenters. The SMILES string of the molecule is C(C[N]C1CCCC1)CC1CC1. The minimum atomic E-state index is 0.754. The van der Waals surface area contributed by atoms with Gasteiger partial charge in [0.15, 0.2) is 0 Å². The molecule has 0 heterocycles. The molecule has 1 radical (unpaired) electrons. The maximum Gasteiger partial charge on any atom is 0.0246 e. The predicted molar refractivity (Wildman–Crippen MR) is 51.2 cm³/mol. The molecule has 2 aliphatic carbocycles. The Morgan fingerprint density at radius 2 is 1.75 bits per heavy atom. The van der Waals surface area contributed by atoms with Gasteiger partial charge in [-0.15, -0.1) is 0 Å². The average molecular weight is 166 g/mol. The molecule has 12 heavy (non-hydrogen) atoms. The van der Waals surface area contributed by atoms with Gasteiger partial charge in [0.25, 0.3) is 0 Å². The van der Waals surface area contributed by atoms with Crippen LogP contribution in [0.4, 0.5) is 0 Å². The average Bonchev–Trinajstić information content (AvgIpc) is 2.76. The highest BCUT2D eigenvalue weighted by Gasteiger charge is 2.20. The fourth-order valence-corrected chi connectivity index (χ4v) is 2.15. The summed E-state index contributed by atoms with van der Waals surface area (Å²) >= 11 is 0. The summed E-state index contributed by atoms with van der Waals surface area (Å²) in [6.07, 6.45) is 11.4. The molecule has 0 saturated heterocycles. The molecule has 0 aromatic heterocycles. The van der Waals surface area contributed by atoms with E-state index in [1.165, 1.54) is 51.4 Å². The van der Waals surface area contributed by atoms with E-state index in [1.807, 2.05) is 0 Å². The molecule has 0 aliphatic heterocycles. The minimum absolute atomic E-state index is 0.754. The third kappa shape index (κ3) is 2.78. The summed E-state index contributed by atoms with van der Waals surface area (Å²) in [6, 6.07) is 0.754. The molecule has 0 N–H and O–H groups in total. The summed E-state index contributed by atoms with van der Waals surface area (Å²) < 4.78 is 0. The van der Waals surface area contributed by atoms with Gasteiger partial charge >= 0.3 is 0 Å². The predicted octanol–water partition coefficient (Wildman–Crippen LogP) is 2.72. The molecule has 1 heteroatoms. The molecule has 0 amide bonds. The van der Waals surface area contributed by atoms with Gasteiger partial charge < -0.3 is 0 Å². The molecule has 2 rings (SSSR count). The highest BCUT2D eigenvalue weighted by molar-refractivity contribution is 4.75. The Morgan fingerprint density at radius 3 is 2.42 bits per heavy atom. The van der Waals surface area contributed by atoms with Crippen LogP contribution in [0.2, 0.25) is 0 Å². The molecule has 1 nitrogen and oxygen atoms in total. The third-order valence-electron chi connectivity index (χ3n) is 3.18. The highest BCUT2D eigenvalue weighted by Crippen LogP contribution is 2.33. The second-order valence-corrected chi connectivity index (χ2v) is 4.43. The smallest absolute Gasteiger partial charge is 0.0246 e. The van der Waals surface area contributed by atoms with E-state index in [2.05, 4.69) is 0 Å². The maximum atomic E-state index is 4.72. The van der Waals surface area contributed by atoms with E-state index in [0.717, 1.165) is 18.5 Å². The lowest BCUT2D eigenvalue weighted by molar-refractivity contribution is 0.489. The first-order valence-electron chi connectivity index (χ1n) is 5.62. The van der Waals surface area contributed by atoms with Gasteiger partial charge in [0.2, 0.25) is 0 Å². The summed E-state index contributed by atoms with van der Waals surface area (Å²) in [6.45, 7) is 1.15. The molecule has 0 aromatic rings. The Kier molecular flexibility index (Phi) is 3.04. The van der Waals surface area contributed by atoms with Crippen molar-refractivity contribution in [1.82, 2.24) is 5.32 Å². The summed E-state index contributed by atoms with van der Waals surface area (Å²) in [5.41, 5.74) is 0. The van der Waals surface area contributed by atoms with Crippen molar-refractivity contribution in [3.05, 3.63) is 0 Å². The molecule has 0 spiro atoms. The van der Waals surface area contributed by atoms with Crippen molar-refractivity contribution in [1.29, 1.82) is 0 Å². The Hall–Kier alpha value is -0.0400. The van der Waals surface area contributed by atoms with Crippen molar-refractivity contribution in [3.8, 4) is 0 Å². The van der Waals surface area contributed by atoms with Crippen LogP contribution in [0, 0.1) is 5.92 Å². The van der Waals surface area contributed by atoms with Crippen molar-refractivity contribution in [3.63, 3.8) is 0 Å². The number of hydrogen-bond acceptors (Lipinski definition) is 0. The topological polar surface area (TPSA) is 14.1 Å². The van der Waals surface area contributed by atoms with Crippen LogP contribution in [0.25, 0.3) is 0 Å². The normalized spacial score (nSPS) is 25.0. The molecule has 0 unspecified atom stereocenters. The van der Waals surface area contributed by atoms with Crippen molar-refractivity contribution in [2.75, 3.05) is 6.54 Å². The van der Waals surface area contributed by atoms with Crippen LogP contribution in [0.15, 0.2) is 0 Å². The Morgan fingerprint density at radius 1 is 1.00 bits per heavy atom. The van der Waals surface area contributed by atoms with Gasteiger partial charge in [-0.05, 0) is 31.6 Å². The van der Waals surface area contributed by atoms with Gasteiger partial charge in [-0.3, -0.25) is 0 Å². The van der Waals surface area contributed by atoms with E-state index in [-0.39, 0.29) is 0 Å². The zero-order valence-electron chi connectivity index (χ0n) is 7.97. The van der Waals surface area contributed by atoms with E-state index in [9.17, 15) is 0 Å². The van der Waals surface area contributed by atoms with Crippen LogP contribution >= 0.6 is 0 Å². The van der Waals surface area contributed by atoms with Crippen LogP contribution in [0.5, 0.6) is 0 Å². The van der Waals surface area contributed by atoms with Crippen molar-refractivity contribution in [2.45, 2.75) is 57.4 Å². The molecule has 0 aromatic carbocycles. The quantitative estimate of drug-likeness (QED) is 0.558. The van der Waals surface area contributed by atoms with Gasteiger partial charge in [-0.2, -0.15) is 0 Å². The molecule has 69 valence electrons. The van der Waals surface area contributed by atoms with E-state index >= 15 is 0 Å².